The summed E-state index contributed by atoms with van der Waals surface area (Å²) in [5.41, 5.74) is 1.64. The molecule has 4 aromatic rings. The Labute approximate surface area is 775 Å². The van der Waals surface area contributed by atoms with Gasteiger partial charge in [0, 0.05) is 47.5 Å². The van der Waals surface area contributed by atoms with Crippen molar-refractivity contribution in [1.29, 1.82) is 0 Å². The molecule has 130 heavy (non-hydrogen) atoms. The second kappa shape index (κ2) is 61.4. The molecule has 0 aliphatic carbocycles. The van der Waals surface area contributed by atoms with E-state index in [1.165, 1.54) is 24.3 Å². The Morgan fingerprint density at radius 2 is 0.308 bits per heavy atom. The molecule has 712 valence electrons. The number of carbonyl (C=O) groups is 8. The van der Waals surface area contributed by atoms with E-state index in [4.69, 9.17) is 57.9 Å². The van der Waals surface area contributed by atoms with E-state index in [1.54, 1.807) is 92.9 Å². The van der Waals surface area contributed by atoms with Crippen molar-refractivity contribution in [3.05, 3.63) is 154 Å². The number of fused-ring (bicyclic) bond motifs is 2. The third kappa shape index (κ3) is 35.8. The first-order valence-corrected chi connectivity index (χ1v) is 50.2. The lowest BCUT2D eigenvalue weighted by Crippen LogP contribution is -2.44. The Hall–Kier alpha value is -10.3. The summed E-state index contributed by atoms with van der Waals surface area (Å²) < 4.78 is 47.9. The second-order valence-electron chi connectivity index (χ2n) is 34.8. The van der Waals surface area contributed by atoms with Crippen LogP contribution in [0.4, 0.5) is 22.7 Å². The molecule has 0 fully saturated rings. The molecule has 0 N–H and O–H groups in total. The highest BCUT2D eigenvalue weighted by molar-refractivity contribution is 6.54. The lowest BCUT2D eigenvalue weighted by Gasteiger charge is -2.32. The molecule has 8 rings (SSSR count). The third-order valence-electron chi connectivity index (χ3n) is 23.6. The van der Waals surface area contributed by atoms with Gasteiger partial charge in [-0.2, -0.15) is 0 Å². The van der Waals surface area contributed by atoms with E-state index >= 15 is 0 Å². The van der Waals surface area contributed by atoms with Crippen LogP contribution in [0.15, 0.2) is 129 Å². The maximum absolute atomic E-state index is 14.6. The number of nitrogens with zero attached hydrogens (tertiary/aromatic N) is 8. The predicted octanol–water partition coefficient (Wildman–Crippen LogP) is 26.9. The molecule has 0 saturated heterocycles. The fraction of sp³-hybridized carbons (Fsp3) is 0.604. The Balaban J connectivity index is 1.36. The monoisotopic (exact) mass is 1790 g/mol. The van der Waals surface area contributed by atoms with Crippen molar-refractivity contribution in [2.45, 2.75) is 364 Å². The molecule has 4 aromatic carbocycles. The minimum absolute atomic E-state index is 0.0665. The molecule has 0 atom stereocenters. The number of hydrogen-bond acceptors (Lipinski definition) is 24. The molecule has 24 nitrogen and oxygen atoms in total. The number of benzene rings is 4. The van der Waals surface area contributed by atoms with E-state index in [0.717, 1.165) is 257 Å². The summed E-state index contributed by atoms with van der Waals surface area (Å²) in [5.74, 6) is -5.04. The SMILES string of the molecule is CCCCCCCCOC(=O)c1cc(C(=O)OCCCCCCCC)cc(N2C=CN(c3cc(C(=O)OCCCCCCCC)cc(C(=O)OCCCCCCCC)c3)C3=NC(=C4N=C5C(=N4)N(c4cc(C(=O)OCCCCCCCC)cc(C(=O)OCCCCCCCC)c4)C=CN5c4cc(C(=O)OCCCCCCCC)cc(C(=O)OCCCCCCCC)c4)N=C32)c1. The number of carbonyl (C=O) groups excluding carboxylic acids is 8. The van der Waals surface area contributed by atoms with Crippen LogP contribution in [0, 0.1) is 0 Å². The van der Waals surface area contributed by atoms with Crippen LogP contribution >= 0.6 is 0 Å². The van der Waals surface area contributed by atoms with Crippen LogP contribution in [-0.2, 0) is 37.9 Å². The van der Waals surface area contributed by atoms with E-state index in [9.17, 15) is 38.4 Å². The zero-order chi connectivity index (χ0) is 92.7. The number of hydrogen-bond donors (Lipinski definition) is 0. The molecular formula is C106H152N8O16. The maximum atomic E-state index is 14.6. The number of unbranched alkanes of at least 4 members (excludes halogenated alkanes) is 40. The number of esters is 8. The van der Waals surface area contributed by atoms with E-state index in [2.05, 4.69) is 55.4 Å². The van der Waals surface area contributed by atoms with Crippen LogP contribution in [-0.4, -0.2) is 124 Å². The summed E-state index contributed by atoms with van der Waals surface area (Å²) in [7, 11) is 0. The smallest absolute Gasteiger partial charge is 0.338 e. The third-order valence-corrected chi connectivity index (χ3v) is 23.6. The first kappa shape index (κ1) is 105. The van der Waals surface area contributed by atoms with Gasteiger partial charge in [-0.15, -0.1) is 0 Å². The summed E-state index contributed by atoms with van der Waals surface area (Å²) in [4.78, 5) is 145. The minimum Gasteiger partial charge on any atom is -0.462 e. The van der Waals surface area contributed by atoms with Gasteiger partial charge in [-0.25, -0.2) is 58.3 Å². The number of rotatable bonds is 68. The molecule has 0 spiro atoms. The molecule has 0 radical (unpaired) electrons. The largest absolute Gasteiger partial charge is 0.462 e. The molecule has 4 aliphatic heterocycles. The molecule has 0 amide bonds. The van der Waals surface area contributed by atoms with Gasteiger partial charge in [-0.1, -0.05) is 312 Å². The number of amidine groups is 4. The van der Waals surface area contributed by atoms with Crippen molar-refractivity contribution in [1.82, 2.24) is 0 Å². The van der Waals surface area contributed by atoms with Gasteiger partial charge in [-0.3, -0.25) is 19.6 Å². The van der Waals surface area contributed by atoms with Gasteiger partial charge in [0.1, 0.15) is 0 Å². The van der Waals surface area contributed by atoms with Gasteiger partial charge in [0.2, 0.25) is 11.6 Å². The minimum atomic E-state index is -0.660. The van der Waals surface area contributed by atoms with Crippen molar-refractivity contribution in [2.75, 3.05) is 72.5 Å². The van der Waals surface area contributed by atoms with Crippen LogP contribution in [0.5, 0.6) is 0 Å². The Bertz CT molecular complexity index is 3710. The molecule has 0 saturated carbocycles. The van der Waals surface area contributed by atoms with Crippen molar-refractivity contribution < 1.29 is 76.3 Å². The zero-order valence-corrected chi connectivity index (χ0v) is 79.9. The average molecular weight is 1790 g/mol. The first-order chi connectivity index (χ1) is 63.6. The zero-order valence-electron chi connectivity index (χ0n) is 79.9. The summed E-state index contributed by atoms with van der Waals surface area (Å²) in [6.45, 7) is 18.5. The number of anilines is 4. The van der Waals surface area contributed by atoms with Gasteiger partial charge in [0.15, 0.2) is 23.3 Å². The van der Waals surface area contributed by atoms with E-state index in [0.29, 0.717) is 51.4 Å². The number of aliphatic imine (C=N–C) groups is 4. The molecule has 0 aromatic heterocycles. The van der Waals surface area contributed by atoms with Gasteiger partial charge in [0.05, 0.1) is 97.4 Å². The molecule has 4 heterocycles. The summed E-state index contributed by atoms with van der Waals surface area (Å²) in [6, 6.07) is 18.8. The summed E-state index contributed by atoms with van der Waals surface area (Å²) >= 11 is 0. The lowest BCUT2D eigenvalue weighted by molar-refractivity contribution is 0.0478. The average Bonchev–Trinajstić information content (AvgIpc) is 1.58. The van der Waals surface area contributed by atoms with Crippen molar-refractivity contribution in [3.8, 4) is 0 Å². The fourth-order valence-corrected chi connectivity index (χ4v) is 15.9. The predicted molar refractivity (Wildman–Crippen MR) is 520 cm³/mol. The highest BCUT2D eigenvalue weighted by Crippen LogP contribution is 2.38. The first-order valence-electron chi connectivity index (χ1n) is 50.2. The fourth-order valence-electron chi connectivity index (χ4n) is 15.9. The summed E-state index contributed by atoms with van der Waals surface area (Å²) in [6.07, 6.45) is 52.9. The van der Waals surface area contributed by atoms with E-state index in [-0.39, 0.29) is 155 Å². The van der Waals surface area contributed by atoms with Gasteiger partial charge < -0.3 is 37.9 Å². The van der Waals surface area contributed by atoms with Crippen LogP contribution in [0.2, 0.25) is 0 Å². The van der Waals surface area contributed by atoms with Crippen LogP contribution < -0.4 is 19.6 Å². The topological polar surface area (TPSA) is 273 Å². The Morgan fingerprint density at radius 3 is 0.438 bits per heavy atom. The molecule has 0 unspecified atom stereocenters. The highest BCUT2D eigenvalue weighted by atomic mass is 16.6. The molecule has 24 heteroatoms. The van der Waals surface area contributed by atoms with E-state index in [1.807, 2.05) is 0 Å². The Morgan fingerprint density at radius 1 is 0.185 bits per heavy atom. The van der Waals surface area contributed by atoms with Crippen LogP contribution in [0.1, 0.15) is 446 Å². The number of ether oxygens (including phenoxy) is 8. The standard InChI is InChI=1S/C106H152N8O16/c1-9-17-25-33-41-49-61-123-99(115)81-69-82(100(116)124-62-50-42-34-26-18-10-2)74-89(73-81)111-57-58-112(90-75-83(101(117)125-63-51-43-35-27-19-11-3)70-84(76-90)102(118)126-64-52-44-36-28-20-12-4)96-95(111)107-93(108-96)94-109-97-98(110-94)114(92-79-87(105(121)129-67-55-47-39-31-23-15-7)72-88(80-92)106(122)130-68-56-48-40-32-24-16-8)60-59-113(97)91-77-85(103(119)127-65-53-45-37-29-21-13-5)71-86(78-91)104(120)128-66-54-46-38-30-22-14-6/h57-60,69-80H,9-56,61-68H2,1-8H3. The summed E-state index contributed by atoms with van der Waals surface area (Å²) in [5, 5.41) is 0. The van der Waals surface area contributed by atoms with Crippen LogP contribution in [0.25, 0.3) is 0 Å². The van der Waals surface area contributed by atoms with Crippen molar-refractivity contribution >= 4 is 93.8 Å². The molecular weight excluding hydrogens is 1640 g/mol. The molecule has 0 bridgehead atoms. The van der Waals surface area contributed by atoms with Crippen molar-refractivity contribution in [3.63, 3.8) is 0 Å². The van der Waals surface area contributed by atoms with Gasteiger partial charge >= 0.3 is 47.8 Å². The molecule has 4 aliphatic rings. The van der Waals surface area contributed by atoms with Gasteiger partial charge in [0.25, 0.3) is 0 Å². The maximum Gasteiger partial charge on any atom is 0.338 e. The Kier molecular flexibility index (Phi) is 49.6. The van der Waals surface area contributed by atoms with Gasteiger partial charge in [-0.05, 0) is 124 Å². The van der Waals surface area contributed by atoms with E-state index < -0.39 is 47.8 Å². The quantitative estimate of drug-likeness (QED) is 0.0226. The second-order valence-corrected chi connectivity index (χ2v) is 34.8. The highest BCUT2D eigenvalue weighted by Gasteiger charge is 2.39. The van der Waals surface area contributed by atoms with Crippen molar-refractivity contribution in [2.24, 2.45) is 20.0 Å². The normalized spacial score (nSPS) is 13.2. The lowest BCUT2D eigenvalue weighted by atomic mass is 10.1. The van der Waals surface area contributed by atoms with Crippen LogP contribution in [0.3, 0.4) is 0 Å².